The summed E-state index contributed by atoms with van der Waals surface area (Å²) in [5, 5.41) is 9.24. The summed E-state index contributed by atoms with van der Waals surface area (Å²) < 4.78 is 55.3. The number of aromatic nitrogens is 1. The first-order chi connectivity index (χ1) is 13.3. The summed E-state index contributed by atoms with van der Waals surface area (Å²) in [5.74, 6) is -0.413. The van der Waals surface area contributed by atoms with Crippen molar-refractivity contribution < 1.29 is 17.6 Å². The molecule has 28 heavy (non-hydrogen) atoms. The number of benzene rings is 2. The number of rotatable bonds is 4. The van der Waals surface area contributed by atoms with Crippen LogP contribution in [0, 0.1) is 17.1 Å². The van der Waals surface area contributed by atoms with Gasteiger partial charge in [-0.25, -0.2) is 9.37 Å². The maximum absolute atomic E-state index is 13.8. The fourth-order valence-electron chi connectivity index (χ4n) is 2.49. The topological polar surface area (TPSA) is 36.7 Å². The molecule has 0 atom stereocenters. The molecule has 0 fully saturated rings. The number of nitriles is 1. The van der Waals surface area contributed by atoms with Crippen LogP contribution in [0.4, 0.5) is 17.6 Å². The van der Waals surface area contributed by atoms with Crippen LogP contribution in [-0.4, -0.2) is 4.98 Å². The fraction of sp³-hybridized carbons (Fsp3) is 0.100. The summed E-state index contributed by atoms with van der Waals surface area (Å²) in [6.07, 6.45) is -4.72. The van der Waals surface area contributed by atoms with Gasteiger partial charge in [0, 0.05) is 15.8 Å². The van der Waals surface area contributed by atoms with Gasteiger partial charge in [-0.05, 0) is 29.8 Å². The Kier molecular flexibility index (Phi) is 6.06. The van der Waals surface area contributed by atoms with Gasteiger partial charge in [-0.1, -0.05) is 46.3 Å². The molecule has 3 rings (SSSR count). The zero-order valence-electron chi connectivity index (χ0n) is 14.1. The molecule has 1 aromatic heterocycles. The Labute approximate surface area is 171 Å². The lowest BCUT2D eigenvalue weighted by Crippen LogP contribution is -2.10. The van der Waals surface area contributed by atoms with E-state index in [2.05, 4.69) is 20.9 Å². The van der Waals surface area contributed by atoms with Gasteiger partial charge in [0.2, 0.25) is 0 Å². The van der Waals surface area contributed by atoms with Crippen LogP contribution < -0.4 is 0 Å². The second kappa shape index (κ2) is 8.33. The number of hydrogen-bond donors (Lipinski definition) is 0. The number of pyridine rings is 1. The number of nitrogens with zero attached hydrogens (tertiary/aromatic N) is 2. The van der Waals surface area contributed by atoms with Crippen molar-refractivity contribution in [1.82, 2.24) is 4.98 Å². The maximum Gasteiger partial charge on any atom is 0.417 e. The molecule has 142 valence electrons. The van der Waals surface area contributed by atoms with E-state index in [4.69, 9.17) is 0 Å². The highest BCUT2D eigenvalue weighted by Gasteiger charge is 2.36. The molecule has 0 saturated carbocycles. The molecule has 0 aliphatic rings. The van der Waals surface area contributed by atoms with Crippen molar-refractivity contribution in [2.24, 2.45) is 0 Å². The van der Waals surface area contributed by atoms with Gasteiger partial charge in [0.05, 0.1) is 16.8 Å². The second-order valence-corrected chi connectivity index (χ2v) is 7.61. The highest BCUT2D eigenvalue weighted by molar-refractivity contribution is 9.10. The third-order valence-corrected chi connectivity index (χ3v) is 5.42. The van der Waals surface area contributed by atoms with Crippen molar-refractivity contribution in [3.05, 3.63) is 81.6 Å². The van der Waals surface area contributed by atoms with E-state index in [-0.39, 0.29) is 16.5 Å². The van der Waals surface area contributed by atoms with Gasteiger partial charge < -0.3 is 0 Å². The molecule has 0 spiro atoms. The van der Waals surface area contributed by atoms with Crippen LogP contribution in [0.15, 0.2) is 64.1 Å². The summed E-state index contributed by atoms with van der Waals surface area (Å²) >= 11 is 4.17. The standard InChI is InChI=1S/C20H11BrF4N2S/c21-14-7-5-12(6-8-14)18-9-16(20(23,24)25)15(10-26)19(27-18)28-11-13-3-1-2-4-17(13)22/h1-9H,11H2. The highest BCUT2D eigenvalue weighted by atomic mass is 79.9. The molecule has 0 saturated heterocycles. The lowest BCUT2D eigenvalue weighted by Gasteiger charge is -2.14. The monoisotopic (exact) mass is 466 g/mol. The Hall–Kier alpha value is -2.37. The lowest BCUT2D eigenvalue weighted by molar-refractivity contribution is -0.138. The molecule has 0 bridgehead atoms. The van der Waals surface area contributed by atoms with E-state index in [1.54, 1.807) is 36.4 Å². The Bertz CT molecular complexity index is 1040. The maximum atomic E-state index is 13.8. The highest BCUT2D eigenvalue weighted by Crippen LogP contribution is 2.38. The minimum atomic E-state index is -4.72. The molecule has 0 aliphatic heterocycles. The average molecular weight is 467 g/mol. The van der Waals surface area contributed by atoms with Gasteiger partial charge in [-0.3, -0.25) is 0 Å². The zero-order valence-corrected chi connectivity index (χ0v) is 16.5. The van der Waals surface area contributed by atoms with E-state index in [9.17, 15) is 22.8 Å². The van der Waals surface area contributed by atoms with Crippen molar-refractivity contribution in [3.8, 4) is 17.3 Å². The quantitative estimate of drug-likeness (QED) is 0.312. The molecule has 2 aromatic carbocycles. The molecular weight excluding hydrogens is 456 g/mol. The van der Waals surface area contributed by atoms with Gasteiger partial charge in [-0.2, -0.15) is 18.4 Å². The normalized spacial score (nSPS) is 11.3. The van der Waals surface area contributed by atoms with Crippen molar-refractivity contribution >= 4 is 27.7 Å². The molecule has 0 aliphatic carbocycles. The third kappa shape index (κ3) is 4.54. The summed E-state index contributed by atoms with van der Waals surface area (Å²) in [6, 6.07) is 15.1. The third-order valence-electron chi connectivity index (χ3n) is 3.87. The largest absolute Gasteiger partial charge is 0.417 e. The average Bonchev–Trinajstić information content (AvgIpc) is 2.66. The molecule has 2 nitrogen and oxygen atoms in total. The molecule has 1 heterocycles. The molecular formula is C20H11BrF4N2S. The van der Waals surface area contributed by atoms with Crippen LogP contribution in [-0.2, 0) is 11.9 Å². The van der Waals surface area contributed by atoms with Gasteiger partial charge >= 0.3 is 6.18 Å². The van der Waals surface area contributed by atoms with E-state index in [0.717, 1.165) is 22.3 Å². The van der Waals surface area contributed by atoms with Crippen LogP contribution in [0.1, 0.15) is 16.7 Å². The number of thioether (sulfide) groups is 1. The van der Waals surface area contributed by atoms with Crippen LogP contribution in [0.2, 0.25) is 0 Å². The summed E-state index contributed by atoms with van der Waals surface area (Å²) in [7, 11) is 0. The zero-order chi connectivity index (χ0) is 20.3. The summed E-state index contributed by atoms with van der Waals surface area (Å²) in [5.41, 5.74) is -0.727. The first kappa shape index (κ1) is 20.4. The van der Waals surface area contributed by atoms with Gasteiger partial charge in [0.1, 0.15) is 16.9 Å². The molecule has 3 aromatic rings. The fourth-order valence-corrected chi connectivity index (χ4v) is 3.74. The molecule has 0 radical (unpaired) electrons. The Morgan fingerprint density at radius 3 is 2.36 bits per heavy atom. The first-order valence-corrected chi connectivity index (χ1v) is 9.72. The molecule has 0 unspecified atom stereocenters. The van der Waals surface area contributed by atoms with Crippen molar-refractivity contribution in [2.45, 2.75) is 17.0 Å². The second-order valence-electron chi connectivity index (χ2n) is 5.73. The molecule has 0 N–H and O–H groups in total. The van der Waals surface area contributed by atoms with Crippen LogP contribution in [0.3, 0.4) is 0 Å². The van der Waals surface area contributed by atoms with Gasteiger partial charge in [-0.15, -0.1) is 11.8 Å². The van der Waals surface area contributed by atoms with Gasteiger partial charge in [0.25, 0.3) is 0 Å². The summed E-state index contributed by atoms with van der Waals surface area (Å²) in [6.45, 7) is 0. The Morgan fingerprint density at radius 2 is 1.75 bits per heavy atom. The number of hydrogen-bond acceptors (Lipinski definition) is 3. The minimum absolute atomic E-state index is 0.0510. The predicted octanol–water partition coefficient (Wildman–Crippen LogP) is 6.83. The van der Waals surface area contributed by atoms with Crippen molar-refractivity contribution in [2.75, 3.05) is 0 Å². The van der Waals surface area contributed by atoms with E-state index in [1.165, 1.54) is 18.2 Å². The van der Waals surface area contributed by atoms with Crippen LogP contribution in [0.25, 0.3) is 11.3 Å². The predicted molar refractivity (Wildman–Crippen MR) is 103 cm³/mol. The number of halogens is 5. The van der Waals surface area contributed by atoms with Crippen molar-refractivity contribution in [1.29, 1.82) is 5.26 Å². The lowest BCUT2D eigenvalue weighted by atomic mass is 10.1. The van der Waals surface area contributed by atoms with E-state index < -0.39 is 23.1 Å². The summed E-state index contributed by atoms with van der Waals surface area (Å²) in [4.78, 5) is 4.27. The van der Waals surface area contributed by atoms with E-state index in [1.807, 2.05) is 0 Å². The van der Waals surface area contributed by atoms with Crippen LogP contribution in [0.5, 0.6) is 0 Å². The minimum Gasteiger partial charge on any atom is -0.240 e. The van der Waals surface area contributed by atoms with E-state index >= 15 is 0 Å². The number of alkyl halides is 3. The molecule has 8 heteroatoms. The smallest absolute Gasteiger partial charge is 0.240 e. The Balaban J connectivity index is 2.08. The SMILES string of the molecule is N#Cc1c(C(F)(F)F)cc(-c2ccc(Br)cc2)nc1SCc1ccccc1F. The van der Waals surface area contributed by atoms with Crippen molar-refractivity contribution in [3.63, 3.8) is 0 Å². The van der Waals surface area contributed by atoms with Crippen LogP contribution >= 0.6 is 27.7 Å². The molecule has 0 amide bonds. The Morgan fingerprint density at radius 1 is 1.07 bits per heavy atom. The first-order valence-electron chi connectivity index (χ1n) is 7.94. The van der Waals surface area contributed by atoms with Gasteiger partial charge in [0.15, 0.2) is 0 Å². The van der Waals surface area contributed by atoms with E-state index in [0.29, 0.717) is 11.1 Å².